The molecule has 1 aromatic rings. The van der Waals surface area contributed by atoms with Crippen LogP contribution in [0.2, 0.25) is 0 Å². The molecule has 132 valence electrons. The number of hydrogen-bond donors (Lipinski definition) is 0. The van der Waals surface area contributed by atoms with Gasteiger partial charge in [-0.1, -0.05) is 82.9 Å². The minimum atomic E-state index is 0.518. The summed E-state index contributed by atoms with van der Waals surface area (Å²) in [5, 5.41) is 0. The second-order valence-corrected chi connectivity index (χ2v) is 7.15. The molecule has 2 heteroatoms. The van der Waals surface area contributed by atoms with Gasteiger partial charge in [-0.25, -0.2) is 0 Å². The highest BCUT2D eigenvalue weighted by molar-refractivity contribution is 5.47. The molecule has 0 spiro atoms. The SMILES string of the molecule is CCCCCCCCCCCCO[N+](C)(C)c1ccccc1C. The van der Waals surface area contributed by atoms with Gasteiger partial charge in [0.15, 0.2) is 5.69 Å². The minimum Gasteiger partial charge on any atom is -0.198 e. The van der Waals surface area contributed by atoms with Crippen LogP contribution < -0.4 is 4.65 Å². The lowest BCUT2D eigenvalue weighted by molar-refractivity contribution is -0.111. The maximum Gasteiger partial charge on any atom is 0.167 e. The number of quaternary nitrogens is 1. The Labute approximate surface area is 144 Å². The predicted molar refractivity (Wildman–Crippen MR) is 103 cm³/mol. The highest BCUT2D eigenvalue weighted by atomic mass is 16.7. The van der Waals surface area contributed by atoms with Gasteiger partial charge in [-0.15, -0.1) is 0 Å². The average molecular weight is 321 g/mol. The molecule has 23 heavy (non-hydrogen) atoms. The van der Waals surface area contributed by atoms with Crippen LogP contribution in [0.1, 0.15) is 76.7 Å². The highest BCUT2D eigenvalue weighted by Crippen LogP contribution is 2.24. The lowest BCUT2D eigenvalue weighted by atomic mass is 10.1. The van der Waals surface area contributed by atoms with Crippen molar-refractivity contribution in [2.24, 2.45) is 0 Å². The number of unbranched alkanes of at least 4 members (excludes halogenated alkanes) is 9. The van der Waals surface area contributed by atoms with Crippen molar-refractivity contribution in [1.82, 2.24) is 4.65 Å². The van der Waals surface area contributed by atoms with Gasteiger partial charge in [-0.05, 0) is 13.3 Å². The van der Waals surface area contributed by atoms with Crippen molar-refractivity contribution in [2.75, 3.05) is 20.7 Å². The summed E-state index contributed by atoms with van der Waals surface area (Å²) in [4.78, 5) is 6.11. The van der Waals surface area contributed by atoms with Gasteiger partial charge < -0.3 is 0 Å². The van der Waals surface area contributed by atoms with Crippen molar-refractivity contribution >= 4 is 5.69 Å². The maximum atomic E-state index is 6.11. The standard InChI is InChI=1S/C21H38NO/c1-5-6-7-8-9-10-11-12-13-16-19-23-22(3,4)21-18-15-14-17-20(21)2/h14-15,17-18H,5-13,16,19H2,1-4H3/q+1. The third kappa shape index (κ3) is 8.53. The lowest BCUT2D eigenvalue weighted by Gasteiger charge is -2.27. The molecule has 0 saturated carbocycles. The van der Waals surface area contributed by atoms with E-state index in [4.69, 9.17) is 4.84 Å². The Morgan fingerprint density at radius 2 is 1.30 bits per heavy atom. The van der Waals surface area contributed by atoms with Gasteiger partial charge in [0.2, 0.25) is 0 Å². The Morgan fingerprint density at radius 1 is 0.783 bits per heavy atom. The second-order valence-electron chi connectivity index (χ2n) is 7.15. The summed E-state index contributed by atoms with van der Waals surface area (Å²) in [6.07, 6.45) is 13.7. The van der Waals surface area contributed by atoms with Crippen LogP contribution in [0.4, 0.5) is 5.69 Å². The van der Waals surface area contributed by atoms with Crippen LogP contribution in [0.15, 0.2) is 24.3 Å². The van der Waals surface area contributed by atoms with Gasteiger partial charge in [0.1, 0.15) is 20.7 Å². The van der Waals surface area contributed by atoms with Crippen molar-refractivity contribution in [3.05, 3.63) is 29.8 Å². The van der Waals surface area contributed by atoms with Crippen LogP contribution in [-0.2, 0) is 4.84 Å². The fourth-order valence-electron chi connectivity index (χ4n) is 3.12. The number of hydrogen-bond acceptors (Lipinski definition) is 1. The molecule has 0 atom stereocenters. The third-order valence-electron chi connectivity index (χ3n) is 4.61. The van der Waals surface area contributed by atoms with E-state index in [1.165, 1.54) is 75.5 Å². The van der Waals surface area contributed by atoms with Crippen LogP contribution in [-0.4, -0.2) is 20.7 Å². The summed E-state index contributed by atoms with van der Waals surface area (Å²) in [5.74, 6) is 0. The molecule has 0 aliphatic carbocycles. The molecule has 0 amide bonds. The molecule has 2 nitrogen and oxygen atoms in total. The van der Waals surface area contributed by atoms with E-state index < -0.39 is 0 Å². The molecule has 1 rings (SSSR count). The molecule has 0 aliphatic rings. The van der Waals surface area contributed by atoms with E-state index in [0.29, 0.717) is 4.65 Å². The molecule has 0 unspecified atom stereocenters. The average Bonchev–Trinajstić information content (AvgIpc) is 2.53. The number of para-hydroxylation sites is 1. The Bertz CT molecular complexity index is 414. The van der Waals surface area contributed by atoms with Gasteiger partial charge in [-0.3, -0.25) is 0 Å². The lowest BCUT2D eigenvalue weighted by Crippen LogP contribution is -2.41. The van der Waals surface area contributed by atoms with E-state index in [2.05, 4.69) is 52.2 Å². The molecule has 0 heterocycles. The first-order chi connectivity index (χ1) is 11.1. The van der Waals surface area contributed by atoms with E-state index >= 15 is 0 Å². The Hall–Kier alpha value is -0.860. The summed E-state index contributed by atoms with van der Waals surface area (Å²) >= 11 is 0. The Morgan fingerprint density at radius 3 is 1.87 bits per heavy atom. The van der Waals surface area contributed by atoms with Crippen LogP contribution >= 0.6 is 0 Å². The monoisotopic (exact) mass is 320 g/mol. The number of hydroxylamine groups is 2. The number of nitrogens with zero attached hydrogens (tertiary/aromatic N) is 1. The second kappa shape index (κ2) is 11.6. The first-order valence-corrected chi connectivity index (χ1v) is 9.62. The molecule has 0 N–H and O–H groups in total. The third-order valence-corrected chi connectivity index (χ3v) is 4.61. The maximum absolute atomic E-state index is 6.11. The Balaban J connectivity index is 2.05. The van der Waals surface area contributed by atoms with Crippen LogP contribution in [0.25, 0.3) is 0 Å². The van der Waals surface area contributed by atoms with E-state index in [0.717, 1.165) is 6.61 Å². The number of aryl methyl sites for hydroxylation is 1. The van der Waals surface area contributed by atoms with E-state index in [9.17, 15) is 0 Å². The van der Waals surface area contributed by atoms with Gasteiger partial charge in [0.25, 0.3) is 0 Å². The van der Waals surface area contributed by atoms with Crippen molar-refractivity contribution < 1.29 is 4.84 Å². The van der Waals surface area contributed by atoms with Gasteiger partial charge >= 0.3 is 0 Å². The fraction of sp³-hybridized carbons (Fsp3) is 0.714. The predicted octanol–water partition coefficient (Wildman–Crippen LogP) is 6.41. The summed E-state index contributed by atoms with van der Waals surface area (Å²) in [6, 6.07) is 8.49. The van der Waals surface area contributed by atoms with Crippen molar-refractivity contribution in [2.45, 2.75) is 78.1 Å². The quantitative estimate of drug-likeness (QED) is 0.232. The van der Waals surface area contributed by atoms with Crippen molar-refractivity contribution in [3.63, 3.8) is 0 Å². The van der Waals surface area contributed by atoms with Crippen molar-refractivity contribution in [3.8, 4) is 0 Å². The molecule has 0 aromatic heterocycles. The smallest absolute Gasteiger partial charge is 0.167 e. The molecule has 0 bridgehead atoms. The summed E-state index contributed by atoms with van der Waals surface area (Å²) in [5.41, 5.74) is 2.54. The fourth-order valence-corrected chi connectivity index (χ4v) is 3.12. The molecule has 0 aliphatic heterocycles. The number of benzene rings is 1. The van der Waals surface area contributed by atoms with E-state index in [1.54, 1.807) is 0 Å². The van der Waals surface area contributed by atoms with Gasteiger partial charge in [-0.2, -0.15) is 9.48 Å². The summed E-state index contributed by atoms with van der Waals surface area (Å²) < 4.78 is 0.518. The zero-order chi connectivity index (χ0) is 17.0. The molecular formula is C21H38NO+. The first kappa shape index (κ1) is 20.2. The topological polar surface area (TPSA) is 9.23 Å². The first-order valence-electron chi connectivity index (χ1n) is 9.62. The normalized spacial score (nSPS) is 11.8. The van der Waals surface area contributed by atoms with Crippen molar-refractivity contribution in [1.29, 1.82) is 0 Å². The van der Waals surface area contributed by atoms with Crippen LogP contribution in [0.3, 0.4) is 0 Å². The molecule has 0 saturated heterocycles. The molecule has 0 fully saturated rings. The zero-order valence-electron chi connectivity index (χ0n) is 15.9. The summed E-state index contributed by atoms with van der Waals surface area (Å²) in [7, 11) is 4.25. The van der Waals surface area contributed by atoms with Gasteiger partial charge in [0.05, 0.1) is 0 Å². The molecule has 1 aromatic carbocycles. The van der Waals surface area contributed by atoms with E-state index in [-0.39, 0.29) is 0 Å². The minimum absolute atomic E-state index is 0.518. The highest BCUT2D eigenvalue weighted by Gasteiger charge is 2.22. The Kier molecular flexibility index (Phi) is 10.2. The van der Waals surface area contributed by atoms with Gasteiger partial charge in [0, 0.05) is 11.6 Å². The molecule has 0 radical (unpaired) electrons. The summed E-state index contributed by atoms with van der Waals surface area (Å²) in [6.45, 7) is 5.28. The molecular weight excluding hydrogens is 282 g/mol. The zero-order valence-corrected chi connectivity index (χ0v) is 15.9. The van der Waals surface area contributed by atoms with E-state index in [1.807, 2.05) is 0 Å². The van der Waals surface area contributed by atoms with Crippen LogP contribution in [0, 0.1) is 6.92 Å². The number of rotatable bonds is 13. The largest absolute Gasteiger partial charge is 0.198 e. The van der Waals surface area contributed by atoms with Crippen LogP contribution in [0.5, 0.6) is 0 Å².